The first-order valence-electron chi connectivity index (χ1n) is 7.35. The zero-order valence-electron chi connectivity index (χ0n) is 12.7. The Labute approximate surface area is 127 Å². The molecule has 1 aromatic heterocycles. The molecule has 7 heteroatoms. The van der Waals surface area contributed by atoms with Gasteiger partial charge in [0.05, 0.1) is 0 Å². The van der Waals surface area contributed by atoms with Crippen molar-refractivity contribution in [1.82, 2.24) is 19.3 Å². The Morgan fingerprint density at radius 3 is 2.95 bits per heavy atom. The average Bonchev–Trinajstić information content (AvgIpc) is 2.47. The fourth-order valence-electron chi connectivity index (χ4n) is 2.68. The summed E-state index contributed by atoms with van der Waals surface area (Å²) in [6.07, 6.45) is 6.35. The van der Waals surface area contributed by atoms with Crippen molar-refractivity contribution >= 4 is 10.2 Å². The van der Waals surface area contributed by atoms with Crippen LogP contribution in [0.1, 0.15) is 30.4 Å². The molecule has 1 atom stereocenters. The molecule has 2 rings (SSSR count). The van der Waals surface area contributed by atoms with Crippen LogP contribution < -0.4 is 10.0 Å². The molecule has 0 saturated carbocycles. The molecular weight excluding hydrogens is 288 g/mol. The minimum Gasteiger partial charge on any atom is -0.318 e. The van der Waals surface area contributed by atoms with Gasteiger partial charge in [-0.1, -0.05) is 6.42 Å². The minimum absolute atomic E-state index is 0.0415. The van der Waals surface area contributed by atoms with Crippen molar-refractivity contribution in [3.05, 3.63) is 29.6 Å². The fraction of sp³-hybridized carbons (Fsp3) is 0.643. The number of likely N-dealkylation sites (N-methyl/N-ethyl adjacent to an activating group) is 1. The highest BCUT2D eigenvalue weighted by Crippen LogP contribution is 2.19. The molecule has 0 spiro atoms. The van der Waals surface area contributed by atoms with Crippen LogP contribution in [0, 0.1) is 6.92 Å². The van der Waals surface area contributed by atoms with Crippen LogP contribution in [0.25, 0.3) is 0 Å². The molecule has 1 aliphatic heterocycles. The van der Waals surface area contributed by atoms with E-state index >= 15 is 0 Å². The number of nitrogens with zero attached hydrogens (tertiary/aromatic N) is 2. The molecule has 0 radical (unpaired) electrons. The largest absolute Gasteiger partial charge is 0.318 e. The number of nitrogens with one attached hydrogen (secondary N) is 2. The van der Waals surface area contributed by atoms with E-state index in [0.29, 0.717) is 19.6 Å². The number of piperidine rings is 1. The van der Waals surface area contributed by atoms with Crippen LogP contribution in [0.5, 0.6) is 0 Å². The first-order valence-corrected chi connectivity index (χ1v) is 8.79. The molecule has 1 aliphatic rings. The van der Waals surface area contributed by atoms with Crippen molar-refractivity contribution in [2.45, 2.75) is 38.8 Å². The van der Waals surface area contributed by atoms with Gasteiger partial charge in [0.1, 0.15) is 0 Å². The van der Waals surface area contributed by atoms with Crippen LogP contribution in [-0.4, -0.2) is 43.9 Å². The lowest BCUT2D eigenvalue weighted by Crippen LogP contribution is -2.51. The third-order valence-corrected chi connectivity index (χ3v) is 5.51. The maximum atomic E-state index is 12.5. The highest BCUT2D eigenvalue weighted by molar-refractivity contribution is 7.87. The lowest BCUT2D eigenvalue weighted by atomic mass is 10.1. The molecule has 2 N–H and O–H groups in total. The Balaban J connectivity index is 2.05. The molecule has 1 fully saturated rings. The lowest BCUT2D eigenvalue weighted by Gasteiger charge is -2.34. The summed E-state index contributed by atoms with van der Waals surface area (Å²) >= 11 is 0. The maximum absolute atomic E-state index is 12.5. The summed E-state index contributed by atoms with van der Waals surface area (Å²) in [5.41, 5.74) is 1.95. The zero-order chi connectivity index (χ0) is 15.3. The molecule has 1 saturated heterocycles. The smallest absolute Gasteiger partial charge is 0.280 e. The number of aromatic nitrogens is 1. The molecule has 6 nitrogen and oxygen atoms in total. The lowest BCUT2D eigenvalue weighted by molar-refractivity contribution is 0.246. The molecule has 2 heterocycles. The van der Waals surface area contributed by atoms with Gasteiger partial charge in [0.25, 0.3) is 10.2 Å². The second kappa shape index (κ2) is 7.31. The third kappa shape index (κ3) is 4.23. The van der Waals surface area contributed by atoms with Crippen LogP contribution in [0.4, 0.5) is 0 Å². The quantitative estimate of drug-likeness (QED) is 0.815. The summed E-state index contributed by atoms with van der Waals surface area (Å²) in [4.78, 5) is 4.02. The second-order valence-electron chi connectivity index (χ2n) is 5.45. The summed E-state index contributed by atoms with van der Waals surface area (Å²) in [6, 6.07) is 1.89. The fourth-order valence-corrected chi connectivity index (χ4v) is 4.13. The normalized spacial score (nSPS) is 20.6. The first-order chi connectivity index (χ1) is 10.0. The average molecular weight is 312 g/mol. The Morgan fingerprint density at radius 1 is 1.43 bits per heavy atom. The van der Waals surface area contributed by atoms with E-state index in [1.165, 1.54) is 0 Å². The van der Waals surface area contributed by atoms with E-state index < -0.39 is 10.2 Å². The highest BCUT2D eigenvalue weighted by atomic mass is 32.2. The molecule has 1 unspecified atom stereocenters. The molecule has 0 aromatic carbocycles. The Hall–Kier alpha value is -1.02. The van der Waals surface area contributed by atoms with Crippen LogP contribution in [0.3, 0.4) is 0 Å². The van der Waals surface area contributed by atoms with Crippen molar-refractivity contribution in [1.29, 1.82) is 0 Å². The first kappa shape index (κ1) is 16.4. The summed E-state index contributed by atoms with van der Waals surface area (Å²) in [6.45, 7) is 3.52. The number of pyridine rings is 1. The Kier molecular flexibility index (Phi) is 5.69. The van der Waals surface area contributed by atoms with Gasteiger partial charge in [-0.25, -0.2) is 0 Å². The minimum atomic E-state index is -3.45. The standard InChI is InChI=1S/C14H24N4O2S/c1-12-9-16-7-6-13(12)10-17-21(19,20)18-8-4-3-5-14(18)11-15-2/h6-7,9,14-15,17H,3-5,8,10-11H2,1-2H3. The zero-order valence-corrected chi connectivity index (χ0v) is 13.5. The summed E-state index contributed by atoms with van der Waals surface area (Å²) in [5, 5.41) is 3.08. The Bertz CT molecular complexity index is 560. The van der Waals surface area contributed by atoms with Gasteiger partial charge in [0, 0.05) is 38.1 Å². The van der Waals surface area contributed by atoms with Gasteiger partial charge in [0.15, 0.2) is 0 Å². The molecule has 0 amide bonds. The van der Waals surface area contributed by atoms with Gasteiger partial charge in [-0.2, -0.15) is 17.4 Å². The van der Waals surface area contributed by atoms with Crippen LogP contribution in [0.15, 0.2) is 18.5 Å². The van der Waals surface area contributed by atoms with Crippen molar-refractivity contribution in [2.75, 3.05) is 20.1 Å². The van der Waals surface area contributed by atoms with Gasteiger partial charge in [-0.3, -0.25) is 4.98 Å². The molecule has 0 bridgehead atoms. The number of hydrogen-bond acceptors (Lipinski definition) is 4. The SMILES string of the molecule is CNCC1CCCCN1S(=O)(=O)NCc1ccncc1C. The van der Waals surface area contributed by atoms with E-state index in [1.54, 1.807) is 16.7 Å². The summed E-state index contributed by atoms with van der Waals surface area (Å²) in [5.74, 6) is 0. The summed E-state index contributed by atoms with van der Waals surface area (Å²) < 4.78 is 29.4. The van der Waals surface area contributed by atoms with Crippen LogP contribution in [0.2, 0.25) is 0 Å². The molecule has 118 valence electrons. The van der Waals surface area contributed by atoms with Crippen LogP contribution >= 0.6 is 0 Å². The van der Waals surface area contributed by atoms with E-state index in [4.69, 9.17) is 0 Å². The number of hydrogen-bond donors (Lipinski definition) is 2. The molecular formula is C14H24N4O2S. The van der Waals surface area contributed by atoms with Crippen molar-refractivity contribution < 1.29 is 8.42 Å². The van der Waals surface area contributed by atoms with E-state index in [2.05, 4.69) is 15.0 Å². The predicted octanol–water partition coefficient (Wildman–Crippen LogP) is 0.798. The van der Waals surface area contributed by atoms with Gasteiger partial charge in [-0.05, 0) is 44.0 Å². The highest BCUT2D eigenvalue weighted by Gasteiger charge is 2.31. The van der Waals surface area contributed by atoms with E-state index in [1.807, 2.05) is 20.0 Å². The van der Waals surface area contributed by atoms with E-state index in [9.17, 15) is 8.42 Å². The van der Waals surface area contributed by atoms with Crippen molar-refractivity contribution in [3.8, 4) is 0 Å². The Morgan fingerprint density at radius 2 is 2.24 bits per heavy atom. The van der Waals surface area contributed by atoms with Crippen molar-refractivity contribution in [3.63, 3.8) is 0 Å². The molecule has 21 heavy (non-hydrogen) atoms. The van der Waals surface area contributed by atoms with Gasteiger partial charge >= 0.3 is 0 Å². The van der Waals surface area contributed by atoms with Gasteiger partial charge < -0.3 is 5.32 Å². The monoisotopic (exact) mass is 312 g/mol. The number of aryl methyl sites for hydroxylation is 1. The predicted molar refractivity (Wildman–Crippen MR) is 83.0 cm³/mol. The second-order valence-corrected chi connectivity index (χ2v) is 7.15. The topological polar surface area (TPSA) is 74.3 Å². The van der Waals surface area contributed by atoms with Crippen LogP contribution in [-0.2, 0) is 16.8 Å². The van der Waals surface area contributed by atoms with Gasteiger partial charge in [0.2, 0.25) is 0 Å². The third-order valence-electron chi connectivity index (χ3n) is 3.90. The summed E-state index contributed by atoms with van der Waals surface area (Å²) in [7, 11) is -1.59. The maximum Gasteiger partial charge on any atom is 0.280 e. The molecule has 1 aromatic rings. The van der Waals surface area contributed by atoms with E-state index in [-0.39, 0.29) is 6.04 Å². The van der Waals surface area contributed by atoms with Gasteiger partial charge in [-0.15, -0.1) is 0 Å². The number of rotatable bonds is 6. The molecule has 0 aliphatic carbocycles. The van der Waals surface area contributed by atoms with Crippen molar-refractivity contribution in [2.24, 2.45) is 0 Å². The van der Waals surface area contributed by atoms with E-state index in [0.717, 1.165) is 30.4 Å².